The third-order valence-electron chi connectivity index (χ3n) is 5.43. The molecule has 28 heavy (non-hydrogen) atoms. The number of rotatable bonds is 6. The molecule has 150 valence electrons. The predicted octanol–water partition coefficient (Wildman–Crippen LogP) is 3.82. The molecule has 1 amide bonds. The Labute approximate surface area is 163 Å². The van der Waals surface area contributed by atoms with Crippen molar-refractivity contribution in [3.05, 3.63) is 65.2 Å². The molecule has 0 bridgehead atoms. The van der Waals surface area contributed by atoms with E-state index in [-0.39, 0.29) is 17.2 Å². The van der Waals surface area contributed by atoms with Gasteiger partial charge in [0, 0.05) is 13.1 Å². The van der Waals surface area contributed by atoms with Gasteiger partial charge in [-0.3, -0.25) is 4.79 Å². The molecule has 0 aliphatic carbocycles. The molecule has 4 nitrogen and oxygen atoms in total. The van der Waals surface area contributed by atoms with E-state index in [4.69, 9.17) is 4.74 Å². The van der Waals surface area contributed by atoms with Crippen LogP contribution in [0.5, 0.6) is 5.75 Å². The molecule has 1 aliphatic heterocycles. The highest BCUT2D eigenvalue weighted by Gasteiger charge is 2.31. The molecule has 6 heteroatoms. The van der Waals surface area contributed by atoms with Crippen LogP contribution in [0.4, 0.5) is 8.78 Å². The van der Waals surface area contributed by atoms with Crippen LogP contribution in [0, 0.1) is 17.6 Å². The first kappa shape index (κ1) is 20.3. The largest absolute Gasteiger partial charge is 0.496 e. The number of benzene rings is 2. The summed E-state index contributed by atoms with van der Waals surface area (Å²) >= 11 is 0. The average molecular weight is 389 g/mol. The number of hydrogen-bond donors (Lipinski definition) is 1. The second kappa shape index (κ2) is 9.15. The second-order valence-corrected chi connectivity index (χ2v) is 7.16. The van der Waals surface area contributed by atoms with Crippen LogP contribution in [0.25, 0.3) is 0 Å². The van der Waals surface area contributed by atoms with Crippen LogP contribution >= 0.6 is 0 Å². The van der Waals surface area contributed by atoms with E-state index in [1.807, 2.05) is 30.3 Å². The molecule has 1 heterocycles. The molecular formula is C22H25F2NO3. The number of amides is 1. The van der Waals surface area contributed by atoms with Gasteiger partial charge in [0.1, 0.15) is 11.3 Å². The summed E-state index contributed by atoms with van der Waals surface area (Å²) in [5.74, 6) is -2.73. The minimum absolute atomic E-state index is 0.0221. The van der Waals surface area contributed by atoms with Gasteiger partial charge in [-0.2, -0.15) is 0 Å². The molecule has 2 aromatic rings. The standard InChI is InChI=1S/C22H25F2NO3/c1-28-19-10-8-17(23)21(24)20(19)22(27)25-13-11-16(12-14-25)18(26)9-7-15-5-3-2-4-6-15/h2-6,8,10,16,18,26H,7,9,11-14H2,1H3/t18-/m1/s1. The molecule has 1 fully saturated rings. The Balaban J connectivity index is 1.58. The molecule has 1 aliphatic rings. The number of aryl methyl sites for hydroxylation is 1. The number of methoxy groups -OCH3 is 1. The van der Waals surface area contributed by atoms with Crippen molar-refractivity contribution in [3.63, 3.8) is 0 Å². The molecular weight excluding hydrogens is 364 g/mol. The van der Waals surface area contributed by atoms with Gasteiger partial charge in [0.25, 0.3) is 5.91 Å². The Morgan fingerprint density at radius 2 is 1.86 bits per heavy atom. The second-order valence-electron chi connectivity index (χ2n) is 7.16. The van der Waals surface area contributed by atoms with E-state index in [1.165, 1.54) is 23.6 Å². The van der Waals surface area contributed by atoms with Crippen molar-refractivity contribution in [1.29, 1.82) is 0 Å². The molecule has 1 N–H and O–H groups in total. The van der Waals surface area contributed by atoms with E-state index in [9.17, 15) is 18.7 Å². The molecule has 1 atom stereocenters. The maximum absolute atomic E-state index is 14.2. The zero-order valence-electron chi connectivity index (χ0n) is 15.9. The normalized spacial score (nSPS) is 16.1. The Bertz CT molecular complexity index is 805. The van der Waals surface area contributed by atoms with Crippen molar-refractivity contribution in [1.82, 2.24) is 4.90 Å². The fraction of sp³-hybridized carbons (Fsp3) is 0.409. The number of carbonyl (C=O) groups is 1. The summed E-state index contributed by atoms with van der Waals surface area (Å²) in [6, 6.07) is 12.2. The number of halogens is 2. The van der Waals surface area contributed by atoms with Crippen molar-refractivity contribution in [3.8, 4) is 5.75 Å². The monoisotopic (exact) mass is 389 g/mol. The Hall–Kier alpha value is -2.47. The molecule has 1 saturated heterocycles. The molecule has 0 saturated carbocycles. The van der Waals surface area contributed by atoms with Gasteiger partial charge < -0.3 is 14.7 Å². The van der Waals surface area contributed by atoms with Gasteiger partial charge in [0.05, 0.1) is 13.2 Å². The summed E-state index contributed by atoms with van der Waals surface area (Å²) in [7, 11) is 1.32. The van der Waals surface area contributed by atoms with Crippen LogP contribution < -0.4 is 4.74 Å². The zero-order valence-corrected chi connectivity index (χ0v) is 15.9. The van der Waals surface area contributed by atoms with Gasteiger partial charge in [-0.15, -0.1) is 0 Å². The smallest absolute Gasteiger partial charge is 0.260 e. The number of aliphatic hydroxyl groups excluding tert-OH is 1. The van der Waals surface area contributed by atoms with Gasteiger partial charge in [0.15, 0.2) is 11.6 Å². The SMILES string of the molecule is COc1ccc(F)c(F)c1C(=O)N1CCC([C@H](O)CCc2ccccc2)CC1. The Morgan fingerprint density at radius 1 is 1.18 bits per heavy atom. The van der Waals surface area contributed by atoms with E-state index < -0.39 is 23.6 Å². The van der Waals surface area contributed by atoms with E-state index in [2.05, 4.69) is 0 Å². The van der Waals surface area contributed by atoms with Crippen molar-refractivity contribution < 1.29 is 23.4 Å². The van der Waals surface area contributed by atoms with Crippen molar-refractivity contribution in [2.45, 2.75) is 31.8 Å². The predicted molar refractivity (Wildman–Crippen MR) is 102 cm³/mol. The third-order valence-corrected chi connectivity index (χ3v) is 5.43. The average Bonchev–Trinajstić information content (AvgIpc) is 2.74. The highest BCUT2D eigenvalue weighted by Crippen LogP contribution is 2.29. The highest BCUT2D eigenvalue weighted by molar-refractivity contribution is 5.97. The topological polar surface area (TPSA) is 49.8 Å². The van der Waals surface area contributed by atoms with E-state index in [0.717, 1.165) is 12.5 Å². The van der Waals surface area contributed by atoms with Crippen LogP contribution in [-0.4, -0.2) is 42.2 Å². The van der Waals surface area contributed by atoms with Gasteiger partial charge in [-0.05, 0) is 49.3 Å². The van der Waals surface area contributed by atoms with Crippen molar-refractivity contribution >= 4 is 5.91 Å². The number of aliphatic hydroxyl groups is 1. The van der Waals surface area contributed by atoms with Crippen LogP contribution in [0.15, 0.2) is 42.5 Å². The third kappa shape index (κ3) is 4.50. The molecule has 2 aromatic carbocycles. The fourth-order valence-corrected chi connectivity index (χ4v) is 3.74. The van der Waals surface area contributed by atoms with Gasteiger partial charge in [-0.1, -0.05) is 30.3 Å². The van der Waals surface area contributed by atoms with Gasteiger partial charge in [0.2, 0.25) is 0 Å². The molecule has 0 radical (unpaired) electrons. The summed E-state index contributed by atoms with van der Waals surface area (Å²) in [6.45, 7) is 0.788. The highest BCUT2D eigenvalue weighted by atomic mass is 19.2. The minimum atomic E-state index is -1.19. The lowest BCUT2D eigenvalue weighted by Gasteiger charge is -2.34. The van der Waals surface area contributed by atoms with Crippen LogP contribution in [0.1, 0.15) is 35.2 Å². The summed E-state index contributed by atoms with van der Waals surface area (Å²) in [5.41, 5.74) is 0.813. The summed E-state index contributed by atoms with van der Waals surface area (Å²) in [4.78, 5) is 14.2. The quantitative estimate of drug-likeness (QED) is 0.817. The number of ether oxygens (including phenoxy) is 1. The number of carbonyl (C=O) groups excluding carboxylic acids is 1. The van der Waals surface area contributed by atoms with Crippen LogP contribution in [0.3, 0.4) is 0 Å². The van der Waals surface area contributed by atoms with E-state index >= 15 is 0 Å². The molecule has 3 rings (SSSR count). The van der Waals surface area contributed by atoms with Crippen molar-refractivity contribution in [2.24, 2.45) is 5.92 Å². The lowest BCUT2D eigenvalue weighted by molar-refractivity contribution is 0.0431. The number of hydrogen-bond acceptors (Lipinski definition) is 3. The molecule has 0 aromatic heterocycles. The minimum Gasteiger partial charge on any atom is -0.496 e. The van der Waals surface area contributed by atoms with Crippen LogP contribution in [0.2, 0.25) is 0 Å². The maximum atomic E-state index is 14.2. The maximum Gasteiger partial charge on any atom is 0.260 e. The van der Waals surface area contributed by atoms with Gasteiger partial charge >= 0.3 is 0 Å². The first-order chi connectivity index (χ1) is 13.5. The first-order valence-corrected chi connectivity index (χ1v) is 9.54. The fourth-order valence-electron chi connectivity index (χ4n) is 3.74. The van der Waals surface area contributed by atoms with E-state index in [1.54, 1.807) is 0 Å². The summed E-state index contributed by atoms with van der Waals surface area (Å²) in [6.07, 6.45) is 2.27. The summed E-state index contributed by atoms with van der Waals surface area (Å²) < 4.78 is 32.8. The molecule has 0 unspecified atom stereocenters. The number of piperidine rings is 1. The van der Waals surface area contributed by atoms with Crippen LogP contribution in [-0.2, 0) is 6.42 Å². The zero-order chi connectivity index (χ0) is 20.1. The first-order valence-electron chi connectivity index (χ1n) is 9.54. The molecule has 0 spiro atoms. The van der Waals surface area contributed by atoms with Gasteiger partial charge in [-0.25, -0.2) is 8.78 Å². The lowest BCUT2D eigenvalue weighted by Crippen LogP contribution is -2.41. The number of nitrogens with zero attached hydrogens (tertiary/aromatic N) is 1. The Morgan fingerprint density at radius 3 is 2.50 bits per heavy atom. The van der Waals surface area contributed by atoms with E-state index in [0.29, 0.717) is 32.4 Å². The number of likely N-dealkylation sites (tertiary alicyclic amines) is 1. The van der Waals surface area contributed by atoms with Crippen molar-refractivity contribution in [2.75, 3.05) is 20.2 Å². The lowest BCUT2D eigenvalue weighted by atomic mass is 9.88. The Kier molecular flexibility index (Phi) is 6.62. The summed E-state index contributed by atoms with van der Waals surface area (Å²) in [5, 5.41) is 10.5.